The molecule has 0 saturated carbocycles. The molecule has 2 N–H and O–H groups in total. The summed E-state index contributed by atoms with van der Waals surface area (Å²) < 4.78 is 19.0. The van der Waals surface area contributed by atoms with Gasteiger partial charge in [0.1, 0.15) is 11.6 Å². The Labute approximate surface area is 182 Å². The van der Waals surface area contributed by atoms with Crippen LogP contribution in [0.25, 0.3) is 10.8 Å². The van der Waals surface area contributed by atoms with Crippen molar-refractivity contribution in [2.45, 2.75) is 32.5 Å². The summed E-state index contributed by atoms with van der Waals surface area (Å²) in [5.74, 6) is 0.253. The van der Waals surface area contributed by atoms with Crippen molar-refractivity contribution in [3.63, 3.8) is 0 Å². The summed E-state index contributed by atoms with van der Waals surface area (Å²) in [6.45, 7) is 6.22. The van der Waals surface area contributed by atoms with Crippen molar-refractivity contribution in [3.05, 3.63) is 72.0 Å². The smallest absolute Gasteiger partial charge is 0.260 e. The van der Waals surface area contributed by atoms with Gasteiger partial charge >= 0.3 is 0 Å². The zero-order chi connectivity index (χ0) is 22.0. The lowest BCUT2D eigenvalue weighted by atomic mass is 10.1. The molecule has 162 valence electrons. The molecule has 6 heteroatoms. The highest BCUT2D eigenvalue weighted by Gasteiger charge is 2.32. The van der Waals surface area contributed by atoms with Crippen LogP contribution in [0.5, 0.6) is 5.75 Å². The highest BCUT2D eigenvalue weighted by Crippen LogP contribution is 2.30. The zero-order valence-corrected chi connectivity index (χ0v) is 17.9. The summed E-state index contributed by atoms with van der Waals surface area (Å²) in [6.07, 6.45) is 0. The van der Waals surface area contributed by atoms with Crippen LogP contribution in [-0.2, 0) is 11.3 Å². The molecular formula is C25H28FN3O2. The molecule has 2 atom stereocenters. The minimum atomic E-state index is -0.229. The first-order chi connectivity index (χ1) is 14.9. The molecule has 0 spiro atoms. The summed E-state index contributed by atoms with van der Waals surface area (Å²) in [5, 5.41) is 1.96. The number of anilines is 1. The number of hydrogen-bond donors (Lipinski definition) is 1. The van der Waals surface area contributed by atoms with E-state index in [1.807, 2.05) is 60.4 Å². The molecule has 0 bridgehead atoms. The van der Waals surface area contributed by atoms with Crippen molar-refractivity contribution in [2.75, 3.05) is 25.4 Å². The van der Waals surface area contributed by atoms with E-state index in [0.29, 0.717) is 18.0 Å². The predicted octanol–water partition coefficient (Wildman–Crippen LogP) is 4.06. The van der Waals surface area contributed by atoms with Crippen molar-refractivity contribution in [1.29, 1.82) is 0 Å². The van der Waals surface area contributed by atoms with E-state index < -0.39 is 0 Å². The number of nitrogens with zero attached hydrogens (tertiary/aromatic N) is 2. The van der Waals surface area contributed by atoms with Crippen molar-refractivity contribution >= 4 is 22.4 Å². The van der Waals surface area contributed by atoms with E-state index >= 15 is 0 Å². The number of fused-ring (bicyclic) bond motifs is 1. The molecule has 0 aliphatic carbocycles. The molecule has 1 fully saturated rings. The molecule has 4 rings (SSSR count). The summed E-state index contributed by atoms with van der Waals surface area (Å²) in [5.41, 5.74) is 7.87. The molecule has 3 aromatic rings. The average Bonchev–Trinajstić information content (AvgIpc) is 2.77. The molecule has 0 aromatic heterocycles. The molecule has 31 heavy (non-hydrogen) atoms. The third kappa shape index (κ3) is 4.64. The maximum absolute atomic E-state index is 13.2. The van der Waals surface area contributed by atoms with Gasteiger partial charge in [0.25, 0.3) is 5.91 Å². The van der Waals surface area contributed by atoms with Gasteiger partial charge in [-0.3, -0.25) is 9.69 Å². The SMILES string of the molecule is CC1CN(C(=O)COc2ccc3ccccc3c2N)C(C)CN1Cc1ccc(F)cc1. The van der Waals surface area contributed by atoms with Gasteiger partial charge in [0.15, 0.2) is 6.61 Å². The first-order valence-corrected chi connectivity index (χ1v) is 10.6. The lowest BCUT2D eigenvalue weighted by Crippen LogP contribution is -2.58. The highest BCUT2D eigenvalue weighted by molar-refractivity contribution is 5.95. The second-order valence-corrected chi connectivity index (χ2v) is 8.29. The fourth-order valence-corrected chi connectivity index (χ4v) is 4.21. The lowest BCUT2D eigenvalue weighted by molar-refractivity contribution is -0.139. The number of carbonyl (C=O) groups excluding carboxylic acids is 1. The fraction of sp³-hybridized carbons (Fsp3) is 0.320. The topological polar surface area (TPSA) is 58.8 Å². The molecule has 5 nitrogen and oxygen atoms in total. The maximum atomic E-state index is 13.2. The molecule has 3 aromatic carbocycles. The van der Waals surface area contributed by atoms with Crippen LogP contribution in [0, 0.1) is 5.82 Å². The van der Waals surface area contributed by atoms with Crippen molar-refractivity contribution < 1.29 is 13.9 Å². The van der Waals surface area contributed by atoms with Crippen LogP contribution in [0.2, 0.25) is 0 Å². The molecule has 1 saturated heterocycles. The Bertz CT molecular complexity index is 1070. The first kappa shape index (κ1) is 21.1. The largest absolute Gasteiger partial charge is 0.482 e. The van der Waals surface area contributed by atoms with Crippen LogP contribution >= 0.6 is 0 Å². The van der Waals surface area contributed by atoms with Gasteiger partial charge in [-0.1, -0.05) is 42.5 Å². The van der Waals surface area contributed by atoms with Crippen LogP contribution in [0.4, 0.5) is 10.1 Å². The van der Waals surface area contributed by atoms with Gasteiger partial charge < -0.3 is 15.4 Å². The van der Waals surface area contributed by atoms with Gasteiger partial charge in [-0.05, 0) is 43.0 Å². The number of rotatable bonds is 5. The van der Waals surface area contributed by atoms with Crippen molar-refractivity contribution in [2.24, 2.45) is 0 Å². The van der Waals surface area contributed by atoms with Gasteiger partial charge in [0.2, 0.25) is 0 Å². The molecule has 2 unspecified atom stereocenters. The van der Waals surface area contributed by atoms with Crippen LogP contribution in [0.1, 0.15) is 19.4 Å². The molecule has 1 amide bonds. The number of amides is 1. The molecule has 1 aliphatic heterocycles. The van der Waals surface area contributed by atoms with Gasteiger partial charge in [0, 0.05) is 37.1 Å². The van der Waals surface area contributed by atoms with Crippen LogP contribution in [0.15, 0.2) is 60.7 Å². The zero-order valence-electron chi connectivity index (χ0n) is 17.9. The summed E-state index contributed by atoms with van der Waals surface area (Å²) in [7, 11) is 0. The van der Waals surface area contributed by atoms with Crippen molar-refractivity contribution in [3.8, 4) is 5.75 Å². The summed E-state index contributed by atoms with van der Waals surface area (Å²) >= 11 is 0. The number of benzene rings is 3. The van der Waals surface area contributed by atoms with E-state index in [1.165, 1.54) is 12.1 Å². The average molecular weight is 422 g/mol. The minimum absolute atomic E-state index is 0.0441. The summed E-state index contributed by atoms with van der Waals surface area (Å²) in [6, 6.07) is 18.4. The normalized spacial score (nSPS) is 19.5. The maximum Gasteiger partial charge on any atom is 0.260 e. The summed E-state index contributed by atoms with van der Waals surface area (Å²) in [4.78, 5) is 17.1. The fourth-order valence-electron chi connectivity index (χ4n) is 4.21. The second kappa shape index (κ2) is 8.94. The Balaban J connectivity index is 1.37. The highest BCUT2D eigenvalue weighted by atomic mass is 19.1. The quantitative estimate of drug-likeness (QED) is 0.631. The van der Waals surface area contributed by atoms with Crippen LogP contribution < -0.4 is 10.5 Å². The Morgan fingerprint density at radius 3 is 2.55 bits per heavy atom. The third-order valence-electron chi connectivity index (χ3n) is 6.02. The first-order valence-electron chi connectivity index (χ1n) is 10.6. The Kier molecular flexibility index (Phi) is 6.09. The minimum Gasteiger partial charge on any atom is -0.482 e. The van der Waals surface area contributed by atoms with Crippen LogP contribution in [-0.4, -0.2) is 47.5 Å². The monoisotopic (exact) mass is 421 g/mol. The Hall–Kier alpha value is -3.12. The predicted molar refractivity (Wildman–Crippen MR) is 121 cm³/mol. The molecule has 0 radical (unpaired) electrons. The number of halogens is 1. The van der Waals surface area contributed by atoms with Gasteiger partial charge in [-0.15, -0.1) is 0 Å². The van der Waals surface area contributed by atoms with E-state index in [1.54, 1.807) is 0 Å². The van der Waals surface area contributed by atoms with E-state index in [4.69, 9.17) is 10.5 Å². The number of hydrogen-bond acceptors (Lipinski definition) is 4. The second-order valence-electron chi connectivity index (χ2n) is 8.29. The van der Waals surface area contributed by atoms with Crippen LogP contribution in [0.3, 0.4) is 0 Å². The van der Waals surface area contributed by atoms with Gasteiger partial charge in [-0.2, -0.15) is 0 Å². The molecule has 1 heterocycles. The van der Waals surface area contributed by atoms with E-state index in [2.05, 4.69) is 11.8 Å². The number of piperazine rings is 1. The molecule has 1 aliphatic rings. The Morgan fingerprint density at radius 2 is 1.77 bits per heavy atom. The number of nitrogens with two attached hydrogens (primary N) is 1. The molecular weight excluding hydrogens is 393 g/mol. The third-order valence-corrected chi connectivity index (χ3v) is 6.02. The lowest BCUT2D eigenvalue weighted by Gasteiger charge is -2.44. The number of ether oxygens (including phenoxy) is 1. The Morgan fingerprint density at radius 1 is 1.03 bits per heavy atom. The standard InChI is InChI=1S/C25H28FN3O2/c1-17-14-29(18(2)13-28(17)15-19-7-10-21(26)11-8-19)24(30)16-31-23-12-9-20-5-3-4-6-22(20)25(23)27/h3-12,17-18H,13-16,27H2,1-2H3. The van der Waals surface area contributed by atoms with Gasteiger partial charge in [0.05, 0.1) is 5.69 Å². The van der Waals surface area contributed by atoms with E-state index in [9.17, 15) is 9.18 Å². The van der Waals surface area contributed by atoms with Crippen molar-refractivity contribution in [1.82, 2.24) is 9.80 Å². The van der Waals surface area contributed by atoms with Gasteiger partial charge in [-0.25, -0.2) is 4.39 Å². The number of carbonyl (C=O) groups is 1. The van der Waals surface area contributed by atoms with E-state index in [0.717, 1.165) is 29.4 Å². The number of nitrogen functional groups attached to an aromatic ring is 1. The van der Waals surface area contributed by atoms with E-state index in [-0.39, 0.29) is 30.4 Å².